The third kappa shape index (κ3) is 2.68. The number of H-pyrrole nitrogens is 2. The van der Waals surface area contributed by atoms with Gasteiger partial charge < -0.3 is 9.55 Å². The van der Waals surface area contributed by atoms with Gasteiger partial charge in [0.2, 0.25) is 5.95 Å². The molecule has 156 valence electrons. The molecule has 0 saturated heterocycles. The van der Waals surface area contributed by atoms with Crippen LogP contribution in [0.2, 0.25) is 0 Å². The molecule has 0 amide bonds. The van der Waals surface area contributed by atoms with E-state index in [9.17, 15) is 19.2 Å². The van der Waals surface area contributed by atoms with Crippen LogP contribution < -0.4 is 22.5 Å². The third-order valence-electron chi connectivity index (χ3n) is 5.17. The minimum absolute atomic E-state index is 0.0237. The lowest BCUT2D eigenvalue weighted by atomic mass is 10.2. The summed E-state index contributed by atoms with van der Waals surface area (Å²) in [7, 11) is 2.91. The molecule has 12 heteroatoms. The van der Waals surface area contributed by atoms with Gasteiger partial charge in [0, 0.05) is 20.6 Å². The Balaban J connectivity index is 1.81. The van der Waals surface area contributed by atoms with Gasteiger partial charge in [0.05, 0.1) is 6.33 Å². The molecule has 0 fully saturated rings. The van der Waals surface area contributed by atoms with Crippen LogP contribution >= 0.6 is 0 Å². The molecule has 31 heavy (non-hydrogen) atoms. The van der Waals surface area contributed by atoms with Crippen molar-refractivity contribution in [3.05, 3.63) is 83.9 Å². The quantitative estimate of drug-likeness (QED) is 0.391. The Morgan fingerprint density at radius 1 is 0.935 bits per heavy atom. The van der Waals surface area contributed by atoms with Crippen molar-refractivity contribution >= 4 is 22.3 Å². The van der Waals surface area contributed by atoms with Gasteiger partial charge in [-0.2, -0.15) is 9.55 Å². The second-order valence-corrected chi connectivity index (χ2v) is 7.09. The minimum atomic E-state index is -0.697. The van der Waals surface area contributed by atoms with Crippen molar-refractivity contribution in [2.75, 3.05) is 0 Å². The van der Waals surface area contributed by atoms with E-state index in [4.69, 9.17) is 0 Å². The fraction of sp³-hybridized carbons (Fsp3) is 0.158. The number of aryl methyl sites for hydroxylation is 2. The summed E-state index contributed by atoms with van der Waals surface area (Å²) < 4.78 is 4.82. The van der Waals surface area contributed by atoms with E-state index in [1.807, 2.05) is 30.3 Å². The van der Waals surface area contributed by atoms with Crippen molar-refractivity contribution in [2.45, 2.75) is 6.54 Å². The van der Waals surface area contributed by atoms with Gasteiger partial charge in [0.15, 0.2) is 22.3 Å². The molecule has 5 aromatic rings. The smallest absolute Gasteiger partial charge is 0.320 e. The summed E-state index contributed by atoms with van der Waals surface area (Å²) in [5.74, 6) is -0.165. The van der Waals surface area contributed by atoms with Crippen LogP contribution in [0.1, 0.15) is 5.56 Å². The number of hydrogen-bond acceptors (Lipinski definition) is 6. The molecule has 0 unspecified atom stereocenters. The number of imidazole rings is 2. The molecule has 1 aromatic carbocycles. The zero-order valence-electron chi connectivity index (χ0n) is 16.5. The summed E-state index contributed by atoms with van der Waals surface area (Å²) in [5, 5.41) is 0. The minimum Gasteiger partial charge on any atom is -0.320 e. The van der Waals surface area contributed by atoms with Crippen LogP contribution in [-0.2, 0) is 20.6 Å². The first-order chi connectivity index (χ1) is 14.9. The lowest BCUT2D eigenvalue weighted by molar-refractivity contribution is 0.737. The fourth-order valence-corrected chi connectivity index (χ4v) is 3.55. The maximum absolute atomic E-state index is 13.4. The van der Waals surface area contributed by atoms with Crippen molar-refractivity contribution in [2.24, 2.45) is 14.1 Å². The van der Waals surface area contributed by atoms with Crippen LogP contribution in [0.3, 0.4) is 0 Å². The van der Waals surface area contributed by atoms with Crippen molar-refractivity contribution < 1.29 is 0 Å². The second-order valence-electron chi connectivity index (χ2n) is 7.09. The average Bonchev–Trinajstić information content (AvgIpc) is 3.37. The Kier molecular flexibility index (Phi) is 3.90. The summed E-state index contributed by atoms with van der Waals surface area (Å²) in [6, 6.07) is 9.50. The predicted molar refractivity (Wildman–Crippen MR) is 112 cm³/mol. The number of benzene rings is 1. The molecule has 0 bridgehead atoms. The number of rotatable bonds is 3. The molecule has 0 aliphatic heterocycles. The first-order valence-corrected chi connectivity index (χ1v) is 9.27. The van der Waals surface area contributed by atoms with Crippen molar-refractivity contribution in [3.8, 4) is 5.95 Å². The zero-order valence-corrected chi connectivity index (χ0v) is 16.5. The van der Waals surface area contributed by atoms with Crippen LogP contribution in [0.5, 0.6) is 0 Å². The van der Waals surface area contributed by atoms with E-state index in [1.165, 1.54) is 25.0 Å². The molecule has 0 atom stereocenters. The van der Waals surface area contributed by atoms with E-state index in [1.54, 1.807) is 4.57 Å². The van der Waals surface area contributed by atoms with E-state index in [0.717, 1.165) is 14.7 Å². The lowest BCUT2D eigenvalue weighted by Crippen LogP contribution is -2.39. The number of aromatic amines is 2. The molecular weight excluding hydrogens is 404 g/mol. The summed E-state index contributed by atoms with van der Waals surface area (Å²) in [6.07, 6.45) is 1.50. The molecule has 0 aliphatic rings. The third-order valence-corrected chi connectivity index (χ3v) is 5.17. The van der Waals surface area contributed by atoms with Gasteiger partial charge in [0.25, 0.3) is 11.1 Å². The Bertz CT molecular complexity index is 1710. The molecule has 0 spiro atoms. The topological polar surface area (TPSA) is 145 Å². The van der Waals surface area contributed by atoms with Gasteiger partial charge >= 0.3 is 11.4 Å². The summed E-state index contributed by atoms with van der Waals surface area (Å²) in [4.78, 5) is 63.5. The van der Waals surface area contributed by atoms with E-state index in [2.05, 4.69) is 19.9 Å². The van der Waals surface area contributed by atoms with E-state index < -0.39 is 22.5 Å². The maximum atomic E-state index is 13.4. The SMILES string of the molecule is Cn1c(=O)[nH]c(=O)c2[nH]c(-n3c(=O)c4c(ncn4Cc4ccccc4)n(C)c3=O)nc21. The van der Waals surface area contributed by atoms with Gasteiger partial charge in [-0.25, -0.2) is 14.6 Å². The highest BCUT2D eigenvalue weighted by Crippen LogP contribution is 2.11. The van der Waals surface area contributed by atoms with Gasteiger partial charge in [-0.15, -0.1) is 0 Å². The Labute approximate surface area is 171 Å². The monoisotopic (exact) mass is 420 g/mol. The number of fused-ring (bicyclic) bond motifs is 2. The van der Waals surface area contributed by atoms with Gasteiger partial charge in [-0.3, -0.25) is 23.7 Å². The van der Waals surface area contributed by atoms with Crippen molar-refractivity contribution in [1.82, 2.24) is 38.2 Å². The molecule has 5 rings (SSSR count). The Morgan fingerprint density at radius 2 is 1.68 bits per heavy atom. The predicted octanol–water partition coefficient (Wildman–Crippen LogP) is -0.802. The van der Waals surface area contributed by atoms with Gasteiger partial charge in [0.1, 0.15) is 0 Å². The molecule has 0 radical (unpaired) electrons. The molecule has 4 heterocycles. The average molecular weight is 420 g/mol. The van der Waals surface area contributed by atoms with Gasteiger partial charge in [-0.1, -0.05) is 30.3 Å². The van der Waals surface area contributed by atoms with Crippen molar-refractivity contribution in [1.29, 1.82) is 0 Å². The molecule has 2 N–H and O–H groups in total. The molecule has 0 aliphatic carbocycles. The highest BCUT2D eigenvalue weighted by Gasteiger charge is 2.21. The van der Waals surface area contributed by atoms with E-state index >= 15 is 0 Å². The number of nitrogens with one attached hydrogen (secondary N) is 2. The Morgan fingerprint density at radius 3 is 2.42 bits per heavy atom. The number of hydrogen-bond donors (Lipinski definition) is 2. The molecule has 12 nitrogen and oxygen atoms in total. The largest absolute Gasteiger partial charge is 0.339 e. The fourth-order valence-electron chi connectivity index (χ4n) is 3.55. The standard InChI is InChI=1S/C19H16N8O4/c1-24-13-11(15(28)23-18(24)30)21-17(22-13)27-16(29)12-14(25(2)19(27)31)20-9-26(12)8-10-6-4-3-5-7-10/h3-7,9H,8H2,1-2H3,(H,21,22)(H,23,28,30). The summed E-state index contributed by atoms with van der Waals surface area (Å²) in [6.45, 7) is 0.374. The molecular formula is C19H16N8O4. The highest BCUT2D eigenvalue weighted by atomic mass is 16.2. The lowest BCUT2D eigenvalue weighted by Gasteiger charge is -2.08. The number of aromatic nitrogens is 8. The normalized spacial score (nSPS) is 11.5. The molecule has 4 aromatic heterocycles. The first kappa shape index (κ1) is 18.5. The van der Waals surface area contributed by atoms with E-state index in [0.29, 0.717) is 6.54 Å². The van der Waals surface area contributed by atoms with E-state index in [-0.39, 0.29) is 28.3 Å². The van der Waals surface area contributed by atoms with Gasteiger partial charge in [-0.05, 0) is 5.56 Å². The van der Waals surface area contributed by atoms with Crippen molar-refractivity contribution in [3.63, 3.8) is 0 Å². The zero-order chi connectivity index (χ0) is 21.9. The summed E-state index contributed by atoms with van der Waals surface area (Å²) in [5.41, 5.74) is -1.32. The van der Waals surface area contributed by atoms with Crippen LogP contribution in [0.15, 0.2) is 55.8 Å². The number of nitrogens with zero attached hydrogens (tertiary/aromatic N) is 6. The molecule has 0 saturated carbocycles. The maximum Gasteiger partial charge on any atom is 0.339 e. The Hall–Kier alpha value is -4.48. The van der Waals surface area contributed by atoms with Crippen LogP contribution in [-0.4, -0.2) is 38.2 Å². The second kappa shape index (κ2) is 6.52. The first-order valence-electron chi connectivity index (χ1n) is 9.27. The van der Waals surface area contributed by atoms with Crippen LogP contribution in [0.25, 0.3) is 28.3 Å². The van der Waals surface area contributed by atoms with Crippen LogP contribution in [0, 0.1) is 0 Å². The van der Waals surface area contributed by atoms with Crippen LogP contribution in [0.4, 0.5) is 0 Å². The summed E-state index contributed by atoms with van der Waals surface area (Å²) >= 11 is 0. The highest BCUT2D eigenvalue weighted by molar-refractivity contribution is 5.73.